The van der Waals surface area contributed by atoms with Gasteiger partial charge in [-0.2, -0.15) is 0 Å². The van der Waals surface area contributed by atoms with Crippen molar-refractivity contribution in [1.29, 1.82) is 0 Å². The fourth-order valence-corrected chi connectivity index (χ4v) is 2.52. The number of carbonyl (C=O) groups is 2. The van der Waals surface area contributed by atoms with Gasteiger partial charge in [-0.1, -0.05) is 13.0 Å². The monoisotopic (exact) mass is 283 g/mol. The van der Waals surface area contributed by atoms with Gasteiger partial charge in [0.1, 0.15) is 17.2 Å². The Kier molecular flexibility index (Phi) is 3.74. The lowest BCUT2D eigenvalue weighted by Gasteiger charge is -2.23. The van der Waals surface area contributed by atoms with Crippen molar-refractivity contribution < 1.29 is 23.5 Å². The van der Waals surface area contributed by atoms with Crippen molar-refractivity contribution in [1.82, 2.24) is 4.90 Å². The molecule has 1 aliphatic rings. The Balaban J connectivity index is 2.27. The zero-order valence-electron chi connectivity index (χ0n) is 11.0. The van der Waals surface area contributed by atoms with Crippen LogP contribution in [0.1, 0.15) is 30.1 Å². The highest BCUT2D eigenvalue weighted by Crippen LogP contribution is 2.35. The summed E-state index contributed by atoms with van der Waals surface area (Å²) in [6.45, 7) is 1.89. The summed E-state index contributed by atoms with van der Waals surface area (Å²) in [5.41, 5.74) is -1.64. The van der Waals surface area contributed by atoms with Crippen LogP contribution in [0.15, 0.2) is 18.2 Å². The molecule has 1 saturated heterocycles. The number of carboxylic acid groups (broad SMARTS) is 1. The van der Waals surface area contributed by atoms with E-state index >= 15 is 0 Å². The summed E-state index contributed by atoms with van der Waals surface area (Å²) in [5.74, 6) is -3.64. The van der Waals surface area contributed by atoms with E-state index in [4.69, 9.17) is 0 Å². The third-order valence-corrected chi connectivity index (χ3v) is 3.95. The lowest BCUT2D eigenvalue weighted by atomic mass is 9.84. The van der Waals surface area contributed by atoms with E-state index in [0.717, 1.165) is 12.1 Å². The largest absolute Gasteiger partial charge is 0.481 e. The van der Waals surface area contributed by atoms with Crippen LogP contribution in [0, 0.1) is 17.0 Å². The standard InChI is InChI=1S/C14H15F2NO3/c1-2-14(13(19)20)6-7-17(8-14)12(18)11-9(15)4-3-5-10(11)16/h3-5H,2,6-8H2,1H3,(H,19,20). The van der Waals surface area contributed by atoms with Crippen LogP contribution in [0.25, 0.3) is 0 Å². The highest BCUT2D eigenvalue weighted by molar-refractivity contribution is 5.95. The van der Waals surface area contributed by atoms with Crippen LogP contribution in [-0.4, -0.2) is 35.0 Å². The number of rotatable bonds is 3. The van der Waals surface area contributed by atoms with E-state index in [9.17, 15) is 23.5 Å². The van der Waals surface area contributed by atoms with Crippen LogP contribution in [0.4, 0.5) is 8.78 Å². The summed E-state index contributed by atoms with van der Waals surface area (Å²) in [6.07, 6.45) is 0.659. The molecule has 20 heavy (non-hydrogen) atoms. The van der Waals surface area contributed by atoms with Gasteiger partial charge in [0.2, 0.25) is 0 Å². The van der Waals surface area contributed by atoms with E-state index in [1.54, 1.807) is 6.92 Å². The maximum Gasteiger partial charge on any atom is 0.311 e. The van der Waals surface area contributed by atoms with Gasteiger partial charge in [-0.25, -0.2) is 8.78 Å². The van der Waals surface area contributed by atoms with Crippen LogP contribution in [0.5, 0.6) is 0 Å². The molecule has 108 valence electrons. The molecule has 0 aliphatic carbocycles. The zero-order chi connectivity index (χ0) is 14.9. The number of likely N-dealkylation sites (tertiary alicyclic amines) is 1. The molecule has 0 saturated carbocycles. The number of aliphatic carboxylic acids is 1. The summed E-state index contributed by atoms with van der Waals surface area (Å²) in [5, 5.41) is 9.26. The minimum atomic E-state index is -1.02. The van der Waals surface area contributed by atoms with Gasteiger partial charge in [-0.3, -0.25) is 9.59 Å². The summed E-state index contributed by atoms with van der Waals surface area (Å²) in [6, 6.07) is 3.20. The second kappa shape index (κ2) is 5.19. The average molecular weight is 283 g/mol. The number of hydrogen-bond acceptors (Lipinski definition) is 2. The van der Waals surface area contributed by atoms with Crippen molar-refractivity contribution in [3.8, 4) is 0 Å². The fourth-order valence-electron chi connectivity index (χ4n) is 2.52. The van der Waals surface area contributed by atoms with Crippen LogP contribution >= 0.6 is 0 Å². The van der Waals surface area contributed by atoms with Crippen molar-refractivity contribution in [2.24, 2.45) is 5.41 Å². The predicted molar refractivity (Wildman–Crippen MR) is 67.2 cm³/mol. The molecule has 1 atom stereocenters. The Morgan fingerprint density at radius 2 is 1.95 bits per heavy atom. The van der Waals surface area contributed by atoms with Crippen molar-refractivity contribution in [3.05, 3.63) is 35.4 Å². The van der Waals surface area contributed by atoms with E-state index < -0.39 is 34.5 Å². The third-order valence-electron chi connectivity index (χ3n) is 3.95. The van der Waals surface area contributed by atoms with E-state index in [0.29, 0.717) is 12.8 Å². The van der Waals surface area contributed by atoms with Crippen molar-refractivity contribution >= 4 is 11.9 Å². The van der Waals surface area contributed by atoms with Crippen LogP contribution < -0.4 is 0 Å². The summed E-state index contributed by atoms with van der Waals surface area (Å²) >= 11 is 0. The second-order valence-electron chi connectivity index (χ2n) is 5.01. The molecule has 4 nitrogen and oxygen atoms in total. The van der Waals surface area contributed by atoms with Gasteiger partial charge in [0.25, 0.3) is 5.91 Å². The van der Waals surface area contributed by atoms with Crippen molar-refractivity contribution in [2.75, 3.05) is 13.1 Å². The number of amides is 1. The highest BCUT2D eigenvalue weighted by atomic mass is 19.1. The third kappa shape index (κ3) is 2.26. The number of carbonyl (C=O) groups excluding carboxylic acids is 1. The molecule has 1 unspecified atom stereocenters. The molecular weight excluding hydrogens is 268 g/mol. The number of halogens is 2. The van der Waals surface area contributed by atoms with E-state index in [-0.39, 0.29) is 13.1 Å². The molecule has 0 radical (unpaired) electrons. The zero-order valence-corrected chi connectivity index (χ0v) is 11.0. The second-order valence-corrected chi connectivity index (χ2v) is 5.01. The van der Waals surface area contributed by atoms with Crippen molar-refractivity contribution in [3.63, 3.8) is 0 Å². The lowest BCUT2D eigenvalue weighted by molar-refractivity contribution is -0.148. The van der Waals surface area contributed by atoms with E-state index in [2.05, 4.69) is 0 Å². The van der Waals surface area contributed by atoms with Crippen LogP contribution in [0.3, 0.4) is 0 Å². The predicted octanol–water partition coefficient (Wildman–Crippen LogP) is 2.29. The molecule has 1 aliphatic heterocycles. The first-order chi connectivity index (χ1) is 9.41. The molecule has 0 bridgehead atoms. The first-order valence-corrected chi connectivity index (χ1v) is 6.38. The van der Waals surface area contributed by atoms with Crippen LogP contribution in [0.2, 0.25) is 0 Å². The lowest BCUT2D eigenvalue weighted by Crippen LogP contribution is -2.37. The average Bonchev–Trinajstić information content (AvgIpc) is 2.84. The topological polar surface area (TPSA) is 57.6 Å². The van der Waals surface area contributed by atoms with Gasteiger partial charge < -0.3 is 10.0 Å². The van der Waals surface area contributed by atoms with Gasteiger partial charge in [0.05, 0.1) is 5.41 Å². The molecule has 1 aromatic carbocycles. The van der Waals surface area contributed by atoms with Gasteiger partial charge >= 0.3 is 5.97 Å². The van der Waals surface area contributed by atoms with Gasteiger partial charge in [0, 0.05) is 13.1 Å². The minimum Gasteiger partial charge on any atom is -0.481 e. The van der Waals surface area contributed by atoms with Gasteiger partial charge in [-0.15, -0.1) is 0 Å². The number of nitrogens with zero attached hydrogens (tertiary/aromatic N) is 1. The Bertz CT molecular complexity index is 541. The Morgan fingerprint density at radius 1 is 1.35 bits per heavy atom. The van der Waals surface area contributed by atoms with Crippen LogP contribution in [-0.2, 0) is 4.79 Å². The molecule has 0 aromatic heterocycles. The Morgan fingerprint density at radius 3 is 2.40 bits per heavy atom. The van der Waals surface area contributed by atoms with Gasteiger partial charge in [-0.05, 0) is 25.0 Å². The molecule has 1 fully saturated rings. The van der Waals surface area contributed by atoms with E-state index in [1.807, 2.05) is 0 Å². The maximum atomic E-state index is 13.6. The summed E-state index contributed by atoms with van der Waals surface area (Å²) < 4.78 is 27.2. The summed E-state index contributed by atoms with van der Waals surface area (Å²) in [4.78, 5) is 24.7. The molecule has 0 spiro atoms. The SMILES string of the molecule is CCC1(C(=O)O)CCN(C(=O)c2c(F)cccc2F)C1. The molecular formula is C14H15F2NO3. The molecule has 6 heteroatoms. The molecule has 2 rings (SSSR count). The quantitative estimate of drug-likeness (QED) is 0.926. The fraction of sp³-hybridized carbons (Fsp3) is 0.429. The molecule has 1 amide bonds. The highest BCUT2D eigenvalue weighted by Gasteiger charge is 2.45. The molecule has 1 N–H and O–H groups in total. The maximum absolute atomic E-state index is 13.6. The molecule has 1 aromatic rings. The molecule has 1 heterocycles. The Hall–Kier alpha value is -1.98. The minimum absolute atomic E-state index is 0.0224. The first kappa shape index (κ1) is 14.4. The number of hydrogen-bond donors (Lipinski definition) is 1. The van der Waals surface area contributed by atoms with E-state index in [1.165, 1.54) is 11.0 Å². The summed E-state index contributed by atoms with van der Waals surface area (Å²) in [7, 11) is 0. The number of benzene rings is 1. The Labute approximate surface area is 115 Å². The normalized spacial score (nSPS) is 22.1. The van der Waals surface area contributed by atoms with Gasteiger partial charge in [0.15, 0.2) is 0 Å². The first-order valence-electron chi connectivity index (χ1n) is 6.38. The smallest absolute Gasteiger partial charge is 0.311 e. The van der Waals surface area contributed by atoms with Crippen molar-refractivity contribution in [2.45, 2.75) is 19.8 Å². The number of carboxylic acids is 1.